The van der Waals surface area contributed by atoms with Crippen LogP contribution in [0.5, 0.6) is 0 Å². The number of anilines is 2. The number of aromatic nitrogens is 5. The maximum atomic E-state index is 13.8. The molecule has 48 heavy (non-hydrogen) atoms. The van der Waals surface area contributed by atoms with Crippen LogP contribution in [0.4, 0.5) is 38.1 Å². The van der Waals surface area contributed by atoms with Crippen LogP contribution in [-0.2, 0) is 31.0 Å². The first-order valence-corrected chi connectivity index (χ1v) is 15.9. The highest BCUT2D eigenvalue weighted by atomic mass is 19.4. The van der Waals surface area contributed by atoms with Crippen molar-refractivity contribution in [1.29, 1.82) is 5.26 Å². The number of nitrogens with zero attached hydrogens (tertiary/aromatic N) is 8. The third-order valence-electron chi connectivity index (χ3n) is 8.62. The summed E-state index contributed by atoms with van der Waals surface area (Å²) in [7, 11) is 0. The van der Waals surface area contributed by atoms with Gasteiger partial charge in [0.15, 0.2) is 5.65 Å². The Hall–Kier alpha value is -4.41. The van der Waals surface area contributed by atoms with Gasteiger partial charge in [0, 0.05) is 37.1 Å². The Labute approximate surface area is 274 Å². The zero-order valence-corrected chi connectivity index (χ0v) is 27.1. The Morgan fingerprint density at radius 1 is 0.833 bits per heavy atom. The molecule has 3 aromatic heterocycles. The minimum Gasteiger partial charge on any atom is -0.356 e. The zero-order valence-electron chi connectivity index (χ0n) is 27.1. The first-order chi connectivity index (χ1) is 22.5. The summed E-state index contributed by atoms with van der Waals surface area (Å²) < 4.78 is 84.7. The molecule has 0 spiro atoms. The van der Waals surface area contributed by atoms with Gasteiger partial charge in [-0.2, -0.15) is 36.7 Å². The molecule has 2 fully saturated rings. The molecule has 0 radical (unpaired) electrons. The van der Waals surface area contributed by atoms with E-state index in [1.165, 1.54) is 17.3 Å². The molecule has 14 heteroatoms. The summed E-state index contributed by atoms with van der Waals surface area (Å²) in [5, 5.41) is 14.9. The fourth-order valence-corrected chi connectivity index (χ4v) is 5.82. The van der Waals surface area contributed by atoms with Gasteiger partial charge in [-0.1, -0.05) is 0 Å². The molecule has 254 valence electrons. The van der Waals surface area contributed by atoms with E-state index in [0.717, 1.165) is 67.5 Å². The van der Waals surface area contributed by atoms with Crippen LogP contribution in [-0.4, -0.2) is 37.8 Å². The van der Waals surface area contributed by atoms with E-state index in [1.54, 1.807) is 0 Å². The first-order valence-electron chi connectivity index (χ1n) is 15.9. The molecule has 3 heterocycles. The van der Waals surface area contributed by atoms with Crippen molar-refractivity contribution in [2.45, 2.75) is 84.4 Å². The van der Waals surface area contributed by atoms with Gasteiger partial charge in [-0.25, -0.2) is 19.6 Å². The predicted molar refractivity (Wildman–Crippen MR) is 168 cm³/mol. The van der Waals surface area contributed by atoms with E-state index < -0.39 is 23.5 Å². The summed E-state index contributed by atoms with van der Waals surface area (Å²) >= 11 is 0. The topological polar surface area (TPSA) is 86.8 Å². The maximum absolute atomic E-state index is 13.8. The molecule has 0 aliphatic heterocycles. The molecular formula is C34H36F6N8. The number of hydrogen-bond donors (Lipinski definition) is 0. The van der Waals surface area contributed by atoms with E-state index in [-0.39, 0.29) is 41.8 Å². The monoisotopic (exact) mass is 670 g/mol. The van der Waals surface area contributed by atoms with Crippen LogP contribution in [0.2, 0.25) is 0 Å². The number of nitriles is 1. The molecule has 2 saturated carbocycles. The third-order valence-corrected chi connectivity index (χ3v) is 8.62. The summed E-state index contributed by atoms with van der Waals surface area (Å²) in [6.07, 6.45) is -3.00. The molecule has 0 atom stereocenters. The number of halogens is 6. The Kier molecular flexibility index (Phi) is 8.54. The van der Waals surface area contributed by atoms with Gasteiger partial charge in [0.25, 0.3) is 0 Å². The summed E-state index contributed by atoms with van der Waals surface area (Å²) in [6, 6.07) is 5.46. The van der Waals surface area contributed by atoms with E-state index in [4.69, 9.17) is 10.1 Å². The lowest BCUT2D eigenvalue weighted by atomic mass is 10.0. The fraction of sp³-hybridized carbons (Fsp3) is 0.500. The summed E-state index contributed by atoms with van der Waals surface area (Å²) in [4.78, 5) is 17.6. The van der Waals surface area contributed by atoms with Crippen LogP contribution in [0.25, 0.3) is 11.0 Å². The van der Waals surface area contributed by atoms with Crippen LogP contribution in [0.1, 0.15) is 80.0 Å². The van der Waals surface area contributed by atoms with Crippen molar-refractivity contribution in [2.75, 3.05) is 22.9 Å². The Morgan fingerprint density at radius 2 is 1.40 bits per heavy atom. The number of benzene rings is 1. The maximum Gasteiger partial charge on any atom is 0.416 e. The zero-order chi connectivity index (χ0) is 34.6. The second-order valence-electron chi connectivity index (χ2n) is 14.0. The number of aryl methyl sites for hydroxylation is 1. The Morgan fingerprint density at radius 3 is 1.88 bits per heavy atom. The Balaban J connectivity index is 1.49. The van der Waals surface area contributed by atoms with E-state index in [2.05, 4.69) is 14.9 Å². The number of hydrogen-bond acceptors (Lipinski definition) is 7. The minimum atomic E-state index is -5.00. The average molecular weight is 671 g/mol. The lowest BCUT2D eigenvalue weighted by Crippen LogP contribution is -2.32. The minimum absolute atomic E-state index is 0.0216. The van der Waals surface area contributed by atoms with E-state index in [1.807, 2.05) is 44.5 Å². The molecule has 0 unspecified atom stereocenters. The third kappa shape index (κ3) is 7.50. The second kappa shape index (κ2) is 12.2. The van der Waals surface area contributed by atoms with Crippen LogP contribution in [0, 0.1) is 30.1 Å². The van der Waals surface area contributed by atoms with Gasteiger partial charge in [-0.05, 0) is 95.0 Å². The molecular weight excluding hydrogens is 634 g/mol. The quantitative estimate of drug-likeness (QED) is 0.158. The predicted octanol–water partition coefficient (Wildman–Crippen LogP) is 8.03. The molecule has 2 aliphatic rings. The number of pyridine rings is 1. The van der Waals surface area contributed by atoms with Gasteiger partial charge in [-0.15, -0.1) is 0 Å². The van der Waals surface area contributed by atoms with Gasteiger partial charge in [-0.3, -0.25) is 0 Å². The highest BCUT2D eigenvalue weighted by molar-refractivity contribution is 5.82. The fourth-order valence-electron chi connectivity index (χ4n) is 5.82. The largest absolute Gasteiger partial charge is 0.416 e. The van der Waals surface area contributed by atoms with Crippen molar-refractivity contribution in [1.82, 2.24) is 24.7 Å². The van der Waals surface area contributed by atoms with Crippen molar-refractivity contribution in [3.63, 3.8) is 0 Å². The van der Waals surface area contributed by atoms with E-state index in [0.29, 0.717) is 23.3 Å². The van der Waals surface area contributed by atoms with Crippen LogP contribution >= 0.6 is 0 Å². The average Bonchev–Trinajstić information content (AvgIpc) is 3.95. The molecule has 0 amide bonds. The van der Waals surface area contributed by atoms with Gasteiger partial charge < -0.3 is 9.80 Å². The number of rotatable bonds is 10. The van der Waals surface area contributed by atoms with Crippen molar-refractivity contribution >= 4 is 22.8 Å². The highest BCUT2D eigenvalue weighted by Crippen LogP contribution is 2.39. The molecule has 0 bridgehead atoms. The lowest BCUT2D eigenvalue weighted by molar-refractivity contribution is -0.143. The van der Waals surface area contributed by atoms with E-state index in [9.17, 15) is 31.6 Å². The SMILES string of the molecule is Cc1nn(C(C)(C)C)c2nc(N(CC3CC3)CC3CC3)c(CN(Cc3cc(C(F)(F)F)cc(C(F)(F)F)c3)c3ncc(C#N)cn3)cc12. The van der Waals surface area contributed by atoms with Crippen molar-refractivity contribution in [2.24, 2.45) is 11.8 Å². The summed E-state index contributed by atoms with van der Waals surface area (Å²) in [6.45, 7) is 9.22. The lowest BCUT2D eigenvalue weighted by Gasteiger charge is -2.30. The second-order valence-corrected chi connectivity index (χ2v) is 14.0. The molecule has 0 saturated heterocycles. The van der Waals surface area contributed by atoms with Gasteiger partial charge in [0.05, 0.1) is 40.3 Å². The van der Waals surface area contributed by atoms with Gasteiger partial charge >= 0.3 is 12.4 Å². The van der Waals surface area contributed by atoms with Crippen molar-refractivity contribution < 1.29 is 26.3 Å². The smallest absolute Gasteiger partial charge is 0.356 e. The summed E-state index contributed by atoms with van der Waals surface area (Å²) in [5.74, 6) is 1.79. The molecule has 1 aromatic carbocycles. The highest BCUT2D eigenvalue weighted by Gasteiger charge is 2.37. The molecule has 8 nitrogen and oxygen atoms in total. The van der Waals surface area contributed by atoms with Crippen LogP contribution in [0.3, 0.4) is 0 Å². The molecule has 2 aliphatic carbocycles. The standard InChI is InChI=1S/C34H36F6N8/c1-20-28-11-25(29(44-30(28)48(45-20)32(2,3)4)46(16-21-5-6-21)17-22-7-8-22)19-47(31-42-14-24(13-41)15-43-31)18-23-9-26(33(35,36)37)12-27(10-23)34(38,39)40/h9-12,14-15,21-22H,5-8,16-19H2,1-4H3. The molecule has 0 N–H and O–H groups in total. The molecule has 4 aromatic rings. The van der Waals surface area contributed by atoms with Gasteiger partial charge in [0.1, 0.15) is 11.9 Å². The number of alkyl halides is 6. The van der Waals surface area contributed by atoms with Gasteiger partial charge in [0.2, 0.25) is 5.95 Å². The van der Waals surface area contributed by atoms with E-state index >= 15 is 0 Å². The molecule has 6 rings (SSSR count). The summed E-state index contributed by atoms with van der Waals surface area (Å²) in [5.41, 5.74) is -1.08. The normalized spacial score (nSPS) is 15.5. The van der Waals surface area contributed by atoms with Crippen molar-refractivity contribution in [3.05, 3.63) is 70.2 Å². The first kappa shape index (κ1) is 33.5. The Bertz CT molecular complexity index is 1800. The van der Waals surface area contributed by atoms with Crippen LogP contribution < -0.4 is 9.80 Å². The van der Waals surface area contributed by atoms with Crippen LogP contribution in [0.15, 0.2) is 36.7 Å². The van der Waals surface area contributed by atoms with Crippen molar-refractivity contribution in [3.8, 4) is 6.07 Å². The number of fused-ring (bicyclic) bond motifs is 1.